The number of hydrogen-bond acceptors (Lipinski definition) is 4. The van der Waals surface area contributed by atoms with Crippen LogP contribution >= 0.6 is 15.9 Å². The minimum absolute atomic E-state index is 0.0272. The summed E-state index contributed by atoms with van der Waals surface area (Å²) in [5.41, 5.74) is 1.13. The summed E-state index contributed by atoms with van der Waals surface area (Å²) in [4.78, 5) is 26.0. The van der Waals surface area contributed by atoms with Crippen molar-refractivity contribution in [1.29, 1.82) is 0 Å². The Labute approximate surface area is 123 Å². The Kier molecular flexibility index (Phi) is 4.41. The lowest BCUT2D eigenvalue weighted by Gasteiger charge is -2.05. The van der Waals surface area contributed by atoms with E-state index in [1.165, 1.54) is 18.3 Å². The zero-order valence-electron chi connectivity index (χ0n) is 10.2. The predicted molar refractivity (Wildman–Crippen MR) is 77.4 cm³/mol. The third-order valence-electron chi connectivity index (χ3n) is 2.50. The number of nitro benzene ring substituents is 1. The second-order valence-corrected chi connectivity index (χ2v) is 4.83. The maximum Gasteiger partial charge on any atom is 0.269 e. The molecule has 102 valence electrons. The molecule has 0 fully saturated rings. The van der Waals surface area contributed by atoms with Crippen LogP contribution in [-0.2, 0) is 11.2 Å². The highest BCUT2D eigenvalue weighted by molar-refractivity contribution is 9.10. The first-order valence-corrected chi connectivity index (χ1v) is 6.48. The molecule has 0 unspecified atom stereocenters. The number of rotatable bonds is 4. The summed E-state index contributed by atoms with van der Waals surface area (Å²) < 4.78 is 0.675. The molecule has 1 heterocycles. The second kappa shape index (κ2) is 6.25. The van der Waals surface area contributed by atoms with E-state index in [9.17, 15) is 14.9 Å². The van der Waals surface area contributed by atoms with Crippen molar-refractivity contribution in [2.75, 3.05) is 5.32 Å². The molecule has 1 aromatic carbocycles. The van der Waals surface area contributed by atoms with Crippen LogP contribution in [0.25, 0.3) is 0 Å². The van der Waals surface area contributed by atoms with E-state index in [0.29, 0.717) is 15.9 Å². The van der Waals surface area contributed by atoms with Crippen molar-refractivity contribution in [3.63, 3.8) is 0 Å². The van der Waals surface area contributed by atoms with E-state index in [4.69, 9.17) is 0 Å². The van der Waals surface area contributed by atoms with Gasteiger partial charge in [-0.15, -0.1) is 0 Å². The Bertz CT molecular complexity index is 644. The van der Waals surface area contributed by atoms with Crippen LogP contribution < -0.4 is 5.32 Å². The van der Waals surface area contributed by atoms with Crippen LogP contribution in [0, 0.1) is 10.1 Å². The van der Waals surface area contributed by atoms with Crippen LogP contribution in [0.1, 0.15) is 5.56 Å². The van der Waals surface area contributed by atoms with Gasteiger partial charge in [-0.3, -0.25) is 14.9 Å². The minimum atomic E-state index is -0.486. The zero-order valence-corrected chi connectivity index (χ0v) is 11.8. The summed E-state index contributed by atoms with van der Waals surface area (Å²) in [6.07, 6.45) is 1.59. The van der Waals surface area contributed by atoms with Gasteiger partial charge in [0.1, 0.15) is 4.60 Å². The van der Waals surface area contributed by atoms with Crippen molar-refractivity contribution >= 4 is 33.2 Å². The van der Waals surface area contributed by atoms with Gasteiger partial charge in [0.05, 0.1) is 23.2 Å². The maximum absolute atomic E-state index is 11.8. The lowest BCUT2D eigenvalue weighted by atomic mass is 10.1. The molecule has 1 N–H and O–H groups in total. The summed E-state index contributed by atoms with van der Waals surface area (Å²) in [5.74, 6) is -0.255. The molecule has 0 bridgehead atoms. The van der Waals surface area contributed by atoms with Crippen molar-refractivity contribution < 1.29 is 9.72 Å². The largest absolute Gasteiger partial charge is 0.324 e. The van der Waals surface area contributed by atoms with Crippen molar-refractivity contribution in [3.05, 3.63) is 62.9 Å². The van der Waals surface area contributed by atoms with Crippen molar-refractivity contribution in [3.8, 4) is 0 Å². The Morgan fingerprint density at radius 3 is 2.80 bits per heavy atom. The van der Waals surface area contributed by atoms with Gasteiger partial charge in [-0.05, 0) is 33.6 Å². The summed E-state index contributed by atoms with van der Waals surface area (Å²) in [6.45, 7) is 0. The van der Waals surface area contributed by atoms with Gasteiger partial charge in [0, 0.05) is 12.1 Å². The first kappa shape index (κ1) is 14.1. The van der Waals surface area contributed by atoms with Crippen molar-refractivity contribution in [2.45, 2.75) is 6.42 Å². The van der Waals surface area contributed by atoms with Gasteiger partial charge in [0.15, 0.2) is 0 Å². The van der Waals surface area contributed by atoms with Gasteiger partial charge in [-0.25, -0.2) is 4.98 Å². The highest BCUT2D eigenvalue weighted by Gasteiger charge is 2.09. The van der Waals surface area contributed by atoms with Gasteiger partial charge in [-0.1, -0.05) is 12.1 Å². The first-order valence-electron chi connectivity index (χ1n) is 5.69. The average Bonchev–Trinajstić information content (AvgIpc) is 2.41. The van der Waals surface area contributed by atoms with E-state index in [1.807, 2.05) is 0 Å². The van der Waals surface area contributed by atoms with E-state index in [0.717, 1.165) is 0 Å². The fourth-order valence-electron chi connectivity index (χ4n) is 1.62. The van der Waals surface area contributed by atoms with Gasteiger partial charge in [0.2, 0.25) is 5.91 Å². The lowest BCUT2D eigenvalue weighted by Crippen LogP contribution is -2.14. The third-order valence-corrected chi connectivity index (χ3v) is 2.97. The fraction of sp³-hybridized carbons (Fsp3) is 0.0769. The minimum Gasteiger partial charge on any atom is -0.324 e. The first-order chi connectivity index (χ1) is 9.54. The molecule has 20 heavy (non-hydrogen) atoms. The van der Waals surface area contributed by atoms with Gasteiger partial charge in [-0.2, -0.15) is 0 Å². The zero-order chi connectivity index (χ0) is 14.5. The molecule has 0 aliphatic rings. The normalized spacial score (nSPS) is 10.1. The number of pyridine rings is 1. The molecule has 7 heteroatoms. The molecule has 1 aromatic heterocycles. The number of carbonyl (C=O) groups excluding carboxylic acids is 1. The van der Waals surface area contributed by atoms with Crippen LogP contribution in [0.2, 0.25) is 0 Å². The molecule has 0 spiro atoms. The van der Waals surface area contributed by atoms with Gasteiger partial charge in [0.25, 0.3) is 5.69 Å². The van der Waals surface area contributed by atoms with E-state index >= 15 is 0 Å². The third kappa shape index (κ3) is 3.86. The van der Waals surface area contributed by atoms with Gasteiger partial charge < -0.3 is 5.32 Å². The second-order valence-electron chi connectivity index (χ2n) is 4.02. The van der Waals surface area contributed by atoms with Crippen molar-refractivity contribution in [1.82, 2.24) is 4.98 Å². The smallest absolute Gasteiger partial charge is 0.269 e. The number of nitrogens with zero attached hydrogens (tertiary/aromatic N) is 2. The molecule has 0 radical (unpaired) electrons. The summed E-state index contributed by atoms with van der Waals surface area (Å²) in [6, 6.07) is 9.43. The number of hydrogen-bond donors (Lipinski definition) is 1. The number of non-ortho nitro benzene ring substituents is 1. The number of aromatic nitrogens is 1. The molecule has 6 nitrogen and oxygen atoms in total. The van der Waals surface area contributed by atoms with Crippen LogP contribution in [0.15, 0.2) is 47.2 Å². The van der Waals surface area contributed by atoms with Gasteiger partial charge >= 0.3 is 0 Å². The Morgan fingerprint density at radius 2 is 2.15 bits per heavy atom. The molecule has 0 aliphatic carbocycles. The van der Waals surface area contributed by atoms with E-state index in [-0.39, 0.29) is 18.0 Å². The molecule has 2 aromatic rings. The number of carbonyl (C=O) groups is 1. The Morgan fingerprint density at radius 1 is 1.35 bits per heavy atom. The van der Waals surface area contributed by atoms with E-state index in [1.54, 1.807) is 24.3 Å². The van der Waals surface area contributed by atoms with Crippen LogP contribution in [0.3, 0.4) is 0 Å². The number of anilines is 1. The molecule has 0 saturated carbocycles. The quantitative estimate of drug-likeness (QED) is 0.528. The van der Waals surface area contributed by atoms with Crippen LogP contribution in [-0.4, -0.2) is 15.8 Å². The average molecular weight is 336 g/mol. The molecular weight excluding hydrogens is 326 g/mol. The molecule has 0 atom stereocenters. The van der Waals surface area contributed by atoms with Crippen molar-refractivity contribution in [2.24, 2.45) is 0 Å². The topological polar surface area (TPSA) is 85.1 Å². The van der Waals surface area contributed by atoms with Crippen LogP contribution in [0.5, 0.6) is 0 Å². The van der Waals surface area contributed by atoms with E-state index < -0.39 is 4.92 Å². The molecule has 0 aliphatic heterocycles. The molecule has 1 amide bonds. The predicted octanol–water partition coefficient (Wildman–Crippen LogP) is 2.93. The summed E-state index contributed by atoms with van der Waals surface area (Å²) >= 11 is 3.20. The standard InChI is InChI=1S/C13H10BrN3O3/c14-12-5-4-10(8-15-12)16-13(18)7-9-2-1-3-11(6-9)17(19)20/h1-6,8H,7H2,(H,16,18). The highest BCUT2D eigenvalue weighted by Crippen LogP contribution is 2.15. The lowest BCUT2D eigenvalue weighted by molar-refractivity contribution is -0.384. The summed E-state index contributed by atoms with van der Waals surface area (Å²) in [7, 11) is 0. The number of amides is 1. The maximum atomic E-state index is 11.8. The SMILES string of the molecule is O=C(Cc1cccc([N+](=O)[O-])c1)Nc1ccc(Br)nc1. The number of benzene rings is 1. The van der Waals surface area contributed by atoms with E-state index in [2.05, 4.69) is 26.2 Å². The fourth-order valence-corrected chi connectivity index (χ4v) is 1.85. The Balaban J connectivity index is 2.02. The molecule has 0 saturated heterocycles. The number of nitrogens with one attached hydrogen (secondary N) is 1. The summed E-state index contributed by atoms with van der Waals surface area (Å²) in [5, 5.41) is 13.3. The Hall–Kier alpha value is -2.28. The molecular formula is C13H10BrN3O3. The molecule has 2 rings (SSSR count). The monoisotopic (exact) mass is 335 g/mol. The van der Waals surface area contributed by atoms with Crippen LogP contribution in [0.4, 0.5) is 11.4 Å². The number of nitro groups is 1. The highest BCUT2D eigenvalue weighted by atomic mass is 79.9. The number of halogens is 1.